The molecule has 15 heavy (non-hydrogen) atoms. The lowest BCUT2D eigenvalue weighted by atomic mass is 10.0. The van der Waals surface area contributed by atoms with Crippen LogP contribution in [0, 0.1) is 6.92 Å². The van der Waals surface area contributed by atoms with Crippen molar-refractivity contribution >= 4 is 23.1 Å². The van der Waals surface area contributed by atoms with Crippen molar-refractivity contribution in [1.82, 2.24) is 0 Å². The summed E-state index contributed by atoms with van der Waals surface area (Å²) in [5, 5.41) is 23.6. The van der Waals surface area contributed by atoms with E-state index >= 15 is 0 Å². The van der Waals surface area contributed by atoms with Gasteiger partial charge in [-0.25, -0.2) is 0 Å². The lowest BCUT2D eigenvalue weighted by molar-refractivity contribution is 0.314. The summed E-state index contributed by atoms with van der Waals surface area (Å²) >= 11 is 5.77. The third-order valence-electron chi connectivity index (χ3n) is 1.89. The molecule has 0 fully saturated rings. The first-order chi connectivity index (χ1) is 7.10. The van der Waals surface area contributed by atoms with Gasteiger partial charge in [0.25, 0.3) is 0 Å². The van der Waals surface area contributed by atoms with E-state index in [1.165, 1.54) is 0 Å². The Morgan fingerprint density at radius 2 is 2.00 bits per heavy atom. The summed E-state index contributed by atoms with van der Waals surface area (Å²) in [4.78, 5) is 0. The Morgan fingerprint density at radius 1 is 1.33 bits per heavy atom. The maximum atomic E-state index is 8.76. The van der Waals surface area contributed by atoms with Crippen LogP contribution in [-0.2, 0) is 0 Å². The highest BCUT2D eigenvalue weighted by Gasteiger charge is 2.12. The molecule has 1 aromatic rings. The topological polar surface area (TPSA) is 91.2 Å². The predicted molar refractivity (Wildman–Crippen MR) is 57.9 cm³/mol. The molecule has 0 saturated carbocycles. The smallest absolute Gasteiger partial charge is 0.192 e. The SMILES string of the molecule is Cc1cc(Cl)ccc1C(=N\O)/C(N)=N/O. The van der Waals surface area contributed by atoms with Crippen LogP contribution in [0.5, 0.6) is 0 Å². The highest BCUT2D eigenvalue weighted by atomic mass is 35.5. The molecule has 0 aromatic heterocycles. The summed E-state index contributed by atoms with van der Waals surface area (Å²) in [6, 6.07) is 4.94. The number of amidine groups is 1. The number of hydrogen-bond acceptors (Lipinski definition) is 4. The van der Waals surface area contributed by atoms with Gasteiger partial charge in [-0.3, -0.25) is 0 Å². The molecule has 0 unspecified atom stereocenters. The van der Waals surface area contributed by atoms with Crippen molar-refractivity contribution in [2.24, 2.45) is 16.0 Å². The van der Waals surface area contributed by atoms with Crippen LogP contribution in [0.15, 0.2) is 28.5 Å². The number of halogens is 1. The van der Waals surface area contributed by atoms with E-state index in [1.54, 1.807) is 25.1 Å². The molecule has 0 heterocycles. The third kappa shape index (κ3) is 2.38. The van der Waals surface area contributed by atoms with Gasteiger partial charge in [0.1, 0.15) is 0 Å². The van der Waals surface area contributed by atoms with E-state index < -0.39 is 0 Å². The van der Waals surface area contributed by atoms with Gasteiger partial charge in [0, 0.05) is 10.6 Å². The Balaban J connectivity index is 3.26. The minimum atomic E-state index is -0.261. The molecule has 0 atom stereocenters. The number of benzene rings is 1. The monoisotopic (exact) mass is 227 g/mol. The summed E-state index contributed by atoms with van der Waals surface area (Å²) < 4.78 is 0. The average Bonchev–Trinajstić information content (AvgIpc) is 2.21. The van der Waals surface area contributed by atoms with Gasteiger partial charge < -0.3 is 16.1 Å². The molecule has 4 N–H and O–H groups in total. The normalized spacial score (nSPS) is 12.9. The van der Waals surface area contributed by atoms with Crippen molar-refractivity contribution < 1.29 is 10.4 Å². The molecule has 0 spiro atoms. The van der Waals surface area contributed by atoms with Gasteiger partial charge in [-0.05, 0) is 24.6 Å². The minimum absolute atomic E-state index is 0.00617. The van der Waals surface area contributed by atoms with E-state index in [4.69, 9.17) is 27.7 Å². The van der Waals surface area contributed by atoms with Gasteiger partial charge in [0.2, 0.25) is 0 Å². The average molecular weight is 228 g/mol. The number of rotatable bonds is 2. The number of nitrogens with zero attached hydrogens (tertiary/aromatic N) is 2. The lowest BCUT2D eigenvalue weighted by Crippen LogP contribution is -2.25. The fraction of sp³-hybridized carbons (Fsp3) is 0.111. The number of hydrogen-bond donors (Lipinski definition) is 3. The fourth-order valence-corrected chi connectivity index (χ4v) is 1.41. The molecular formula is C9H10ClN3O2. The number of nitrogens with two attached hydrogens (primary N) is 1. The second-order valence-electron chi connectivity index (χ2n) is 2.89. The van der Waals surface area contributed by atoms with Gasteiger partial charge in [0.15, 0.2) is 11.5 Å². The van der Waals surface area contributed by atoms with Crippen LogP contribution in [0.25, 0.3) is 0 Å². The molecule has 1 aromatic carbocycles. The third-order valence-corrected chi connectivity index (χ3v) is 2.13. The zero-order valence-electron chi connectivity index (χ0n) is 7.98. The van der Waals surface area contributed by atoms with Gasteiger partial charge in [0.05, 0.1) is 0 Å². The van der Waals surface area contributed by atoms with E-state index in [-0.39, 0.29) is 11.5 Å². The predicted octanol–water partition coefficient (Wildman–Crippen LogP) is 1.57. The Morgan fingerprint density at radius 3 is 2.47 bits per heavy atom. The summed E-state index contributed by atoms with van der Waals surface area (Å²) in [7, 11) is 0. The fourth-order valence-electron chi connectivity index (χ4n) is 1.18. The first kappa shape index (κ1) is 11.3. The summed E-state index contributed by atoms with van der Waals surface area (Å²) in [5.74, 6) is -0.261. The molecule has 0 radical (unpaired) electrons. The van der Waals surface area contributed by atoms with Crippen molar-refractivity contribution in [2.75, 3.05) is 0 Å². The zero-order valence-corrected chi connectivity index (χ0v) is 8.73. The first-order valence-electron chi connectivity index (χ1n) is 4.06. The Hall–Kier alpha value is -1.75. The molecule has 5 nitrogen and oxygen atoms in total. The van der Waals surface area contributed by atoms with Crippen LogP contribution in [0.3, 0.4) is 0 Å². The second-order valence-corrected chi connectivity index (χ2v) is 3.33. The van der Waals surface area contributed by atoms with Gasteiger partial charge >= 0.3 is 0 Å². The van der Waals surface area contributed by atoms with Gasteiger partial charge in [-0.1, -0.05) is 28.0 Å². The van der Waals surface area contributed by atoms with E-state index in [1.807, 2.05) is 0 Å². The highest BCUT2D eigenvalue weighted by molar-refractivity contribution is 6.47. The Bertz CT molecular complexity index is 429. The highest BCUT2D eigenvalue weighted by Crippen LogP contribution is 2.16. The summed E-state index contributed by atoms with van der Waals surface area (Å²) in [5.41, 5.74) is 6.67. The van der Waals surface area contributed by atoms with Crippen LogP contribution in [0.2, 0.25) is 5.02 Å². The number of oxime groups is 2. The standard InChI is InChI=1S/C9H10ClN3O2/c1-5-4-6(10)2-3-7(5)8(12-14)9(11)13-15/h2-4,14-15H,1H3,(H2,11,13)/b12-8+. The molecule has 6 heteroatoms. The molecule has 1 rings (SSSR count). The zero-order chi connectivity index (χ0) is 11.4. The van der Waals surface area contributed by atoms with E-state index in [2.05, 4.69) is 10.3 Å². The van der Waals surface area contributed by atoms with Crippen molar-refractivity contribution in [3.8, 4) is 0 Å². The Labute approximate surface area is 91.5 Å². The minimum Gasteiger partial charge on any atom is -0.410 e. The van der Waals surface area contributed by atoms with Gasteiger partial charge in [-0.15, -0.1) is 0 Å². The molecule has 0 amide bonds. The second kappa shape index (κ2) is 4.65. The molecule has 0 aliphatic rings. The summed E-state index contributed by atoms with van der Waals surface area (Å²) in [6.45, 7) is 1.77. The summed E-state index contributed by atoms with van der Waals surface area (Å²) in [6.07, 6.45) is 0. The van der Waals surface area contributed by atoms with Crippen molar-refractivity contribution in [3.63, 3.8) is 0 Å². The van der Waals surface area contributed by atoms with Crippen molar-refractivity contribution in [1.29, 1.82) is 0 Å². The van der Waals surface area contributed by atoms with Crippen molar-refractivity contribution in [3.05, 3.63) is 34.3 Å². The first-order valence-corrected chi connectivity index (χ1v) is 4.44. The van der Waals surface area contributed by atoms with Crippen LogP contribution in [0.1, 0.15) is 11.1 Å². The molecule has 80 valence electrons. The molecule has 0 saturated heterocycles. The van der Waals surface area contributed by atoms with Crippen LogP contribution in [0.4, 0.5) is 0 Å². The van der Waals surface area contributed by atoms with E-state index in [0.29, 0.717) is 10.6 Å². The number of aryl methyl sites for hydroxylation is 1. The van der Waals surface area contributed by atoms with Crippen LogP contribution >= 0.6 is 11.6 Å². The Kier molecular flexibility index (Phi) is 3.51. The maximum Gasteiger partial charge on any atom is 0.192 e. The van der Waals surface area contributed by atoms with E-state index in [0.717, 1.165) is 5.56 Å². The van der Waals surface area contributed by atoms with Gasteiger partial charge in [-0.2, -0.15) is 0 Å². The largest absolute Gasteiger partial charge is 0.410 e. The van der Waals surface area contributed by atoms with Crippen LogP contribution in [-0.4, -0.2) is 22.0 Å². The molecule has 0 aliphatic heterocycles. The molecule has 0 bridgehead atoms. The molecular weight excluding hydrogens is 218 g/mol. The van der Waals surface area contributed by atoms with Crippen molar-refractivity contribution in [2.45, 2.75) is 6.92 Å². The van der Waals surface area contributed by atoms with E-state index in [9.17, 15) is 0 Å². The lowest BCUT2D eigenvalue weighted by Gasteiger charge is -2.06. The molecule has 0 aliphatic carbocycles. The quantitative estimate of drug-likeness (QED) is 0.310. The maximum absolute atomic E-state index is 8.76. The van der Waals surface area contributed by atoms with Crippen LogP contribution < -0.4 is 5.73 Å².